The molecule has 1 unspecified atom stereocenters. The summed E-state index contributed by atoms with van der Waals surface area (Å²) in [6.07, 6.45) is 6.61. The Morgan fingerprint density at radius 3 is 3.00 bits per heavy atom. The van der Waals surface area contributed by atoms with Crippen LogP contribution in [-0.4, -0.2) is 66.7 Å². The Morgan fingerprint density at radius 1 is 1.38 bits per heavy atom. The van der Waals surface area contributed by atoms with Crippen LogP contribution in [0.15, 0.2) is 10.7 Å². The van der Waals surface area contributed by atoms with E-state index in [4.69, 9.17) is 9.26 Å². The third-order valence-corrected chi connectivity index (χ3v) is 5.61. The Bertz CT molecular complexity index is 644. The van der Waals surface area contributed by atoms with Crippen LogP contribution in [-0.2, 0) is 16.0 Å². The van der Waals surface area contributed by atoms with Crippen LogP contribution in [0.1, 0.15) is 55.1 Å². The van der Waals surface area contributed by atoms with Gasteiger partial charge in [-0.2, -0.15) is 0 Å². The third kappa shape index (κ3) is 3.92. The number of methoxy groups -OCH3 is 1. The number of ether oxygens (including phenoxy) is 1. The topological polar surface area (TPSA) is 75.9 Å². The minimum absolute atomic E-state index is 0.00234. The van der Waals surface area contributed by atoms with E-state index in [0.717, 1.165) is 38.6 Å². The van der Waals surface area contributed by atoms with Crippen LogP contribution in [0.5, 0.6) is 0 Å². The molecular weight excluding hydrogens is 334 g/mol. The van der Waals surface area contributed by atoms with Crippen LogP contribution in [0, 0.1) is 5.41 Å². The van der Waals surface area contributed by atoms with E-state index < -0.39 is 0 Å². The SMILES string of the molecule is CCCc1oncc1C(=O)N1CCCC2(CCC(=O)N(CCOC)C2)C1. The quantitative estimate of drug-likeness (QED) is 0.774. The third-order valence-electron chi connectivity index (χ3n) is 5.61. The van der Waals surface area contributed by atoms with E-state index in [0.29, 0.717) is 44.0 Å². The van der Waals surface area contributed by atoms with E-state index >= 15 is 0 Å². The number of likely N-dealkylation sites (tertiary alicyclic amines) is 2. The van der Waals surface area contributed by atoms with Gasteiger partial charge < -0.3 is 19.1 Å². The number of carbonyl (C=O) groups excluding carboxylic acids is 2. The van der Waals surface area contributed by atoms with Gasteiger partial charge in [0.15, 0.2) is 0 Å². The van der Waals surface area contributed by atoms with Crippen molar-refractivity contribution in [1.29, 1.82) is 0 Å². The first-order chi connectivity index (χ1) is 12.6. The van der Waals surface area contributed by atoms with E-state index in [9.17, 15) is 9.59 Å². The van der Waals surface area contributed by atoms with Crippen molar-refractivity contribution in [2.45, 2.75) is 45.4 Å². The van der Waals surface area contributed by atoms with E-state index in [2.05, 4.69) is 12.1 Å². The average Bonchev–Trinajstić information content (AvgIpc) is 3.11. The van der Waals surface area contributed by atoms with E-state index in [-0.39, 0.29) is 17.2 Å². The first-order valence-corrected chi connectivity index (χ1v) is 9.58. The number of hydrogen-bond acceptors (Lipinski definition) is 5. The summed E-state index contributed by atoms with van der Waals surface area (Å²) in [5.74, 6) is 0.882. The van der Waals surface area contributed by atoms with Crippen molar-refractivity contribution >= 4 is 11.8 Å². The molecule has 2 saturated heterocycles. The summed E-state index contributed by atoms with van der Waals surface area (Å²) < 4.78 is 10.4. The number of nitrogens with zero attached hydrogens (tertiary/aromatic N) is 3. The number of amides is 2. The molecule has 0 aromatic carbocycles. The first-order valence-electron chi connectivity index (χ1n) is 9.58. The van der Waals surface area contributed by atoms with Crippen molar-refractivity contribution in [3.05, 3.63) is 17.5 Å². The lowest BCUT2D eigenvalue weighted by atomic mass is 9.73. The molecular formula is C19H29N3O4. The number of piperidine rings is 2. The highest BCUT2D eigenvalue weighted by Crippen LogP contribution is 2.39. The molecule has 0 N–H and O–H groups in total. The van der Waals surface area contributed by atoms with Gasteiger partial charge in [-0.05, 0) is 25.7 Å². The fourth-order valence-electron chi connectivity index (χ4n) is 4.24. The maximum absolute atomic E-state index is 13.0. The lowest BCUT2D eigenvalue weighted by molar-refractivity contribution is -0.139. The largest absolute Gasteiger partial charge is 0.383 e. The molecule has 2 aliphatic rings. The van der Waals surface area contributed by atoms with E-state index in [1.54, 1.807) is 13.3 Å². The van der Waals surface area contributed by atoms with Crippen molar-refractivity contribution in [2.75, 3.05) is 39.9 Å². The van der Waals surface area contributed by atoms with Crippen LogP contribution in [0.25, 0.3) is 0 Å². The van der Waals surface area contributed by atoms with Crippen molar-refractivity contribution in [1.82, 2.24) is 15.0 Å². The Balaban J connectivity index is 1.71. The number of carbonyl (C=O) groups is 2. The fourth-order valence-corrected chi connectivity index (χ4v) is 4.24. The molecule has 2 amide bonds. The van der Waals surface area contributed by atoms with Crippen LogP contribution >= 0.6 is 0 Å². The fraction of sp³-hybridized carbons (Fsp3) is 0.737. The molecule has 2 fully saturated rings. The summed E-state index contributed by atoms with van der Waals surface area (Å²) >= 11 is 0. The summed E-state index contributed by atoms with van der Waals surface area (Å²) in [5, 5.41) is 3.83. The molecule has 1 spiro atoms. The minimum atomic E-state index is -0.00234. The van der Waals surface area contributed by atoms with E-state index in [1.165, 1.54) is 0 Å². The normalized spacial score (nSPS) is 23.7. The Morgan fingerprint density at radius 2 is 2.23 bits per heavy atom. The molecule has 1 aromatic heterocycles. The molecule has 26 heavy (non-hydrogen) atoms. The predicted molar refractivity (Wildman–Crippen MR) is 95.8 cm³/mol. The second-order valence-electron chi connectivity index (χ2n) is 7.55. The number of aromatic nitrogens is 1. The lowest BCUT2D eigenvalue weighted by Crippen LogP contribution is -2.55. The molecule has 1 atom stereocenters. The number of rotatable bonds is 6. The second kappa shape index (κ2) is 8.20. The predicted octanol–water partition coefficient (Wildman–Crippen LogP) is 2.12. The molecule has 7 nitrogen and oxygen atoms in total. The zero-order chi connectivity index (χ0) is 18.6. The van der Waals surface area contributed by atoms with Gasteiger partial charge in [-0.3, -0.25) is 9.59 Å². The van der Waals surface area contributed by atoms with Gasteiger partial charge in [0.1, 0.15) is 11.3 Å². The molecule has 0 aliphatic carbocycles. The minimum Gasteiger partial charge on any atom is -0.383 e. The molecule has 0 radical (unpaired) electrons. The van der Waals surface area contributed by atoms with Gasteiger partial charge in [-0.1, -0.05) is 12.1 Å². The monoisotopic (exact) mass is 363 g/mol. The molecule has 3 rings (SSSR count). The van der Waals surface area contributed by atoms with Gasteiger partial charge in [0.2, 0.25) is 5.91 Å². The maximum Gasteiger partial charge on any atom is 0.259 e. The zero-order valence-corrected chi connectivity index (χ0v) is 15.8. The van der Waals surface area contributed by atoms with Crippen molar-refractivity contribution < 1.29 is 18.8 Å². The average molecular weight is 363 g/mol. The number of hydrogen-bond donors (Lipinski definition) is 0. The summed E-state index contributed by atoms with van der Waals surface area (Å²) in [6.45, 7) is 5.39. The summed E-state index contributed by atoms with van der Waals surface area (Å²) in [7, 11) is 1.65. The van der Waals surface area contributed by atoms with Crippen LogP contribution in [0.2, 0.25) is 0 Å². The molecule has 3 heterocycles. The summed E-state index contributed by atoms with van der Waals surface area (Å²) in [5.41, 5.74) is 0.588. The zero-order valence-electron chi connectivity index (χ0n) is 15.8. The maximum atomic E-state index is 13.0. The number of aryl methyl sites for hydroxylation is 1. The highest BCUT2D eigenvalue weighted by molar-refractivity contribution is 5.95. The molecule has 1 aromatic rings. The smallest absolute Gasteiger partial charge is 0.259 e. The molecule has 7 heteroatoms. The van der Waals surface area contributed by atoms with Crippen molar-refractivity contribution in [2.24, 2.45) is 5.41 Å². The van der Waals surface area contributed by atoms with Crippen LogP contribution in [0.4, 0.5) is 0 Å². The Labute approximate surface area is 154 Å². The van der Waals surface area contributed by atoms with Gasteiger partial charge in [-0.15, -0.1) is 0 Å². The van der Waals surface area contributed by atoms with Gasteiger partial charge in [0, 0.05) is 51.5 Å². The molecule has 144 valence electrons. The van der Waals surface area contributed by atoms with Crippen molar-refractivity contribution in [3.63, 3.8) is 0 Å². The van der Waals surface area contributed by atoms with Gasteiger partial charge in [-0.25, -0.2) is 0 Å². The summed E-state index contributed by atoms with van der Waals surface area (Å²) in [6, 6.07) is 0. The first kappa shape index (κ1) is 18.9. The second-order valence-corrected chi connectivity index (χ2v) is 7.55. The van der Waals surface area contributed by atoms with Gasteiger partial charge in [0.25, 0.3) is 5.91 Å². The molecule has 2 aliphatic heterocycles. The van der Waals surface area contributed by atoms with Gasteiger partial charge >= 0.3 is 0 Å². The highest BCUT2D eigenvalue weighted by Gasteiger charge is 2.43. The molecule has 0 bridgehead atoms. The standard InChI is InChI=1S/C19H29N3O4/c1-3-5-16-15(12-20-26-16)18(24)22-9-4-7-19(14-22)8-6-17(23)21(13-19)10-11-25-2/h12H,3-11,13-14H2,1-2H3. The Kier molecular flexibility index (Phi) is 5.96. The van der Waals surface area contributed by atoms with Gasteiger partial charge in [0.05, 0.1) is 12.8 Å². The highest BCUT2D eigenvalue weighted by atomic mass is 16.5. The van der Waals surface area contributed by atoms with Crippen LogP contribution in [0.3, 0.4) is 0 Å². The summed E-state index contributed by atoms with van der Waals surface area (Å²) in [4.78, 5) is 29.1. The van der Waals surface area contributed by atoms with Crippen molar-refractivity contribution in [3.8, 4) is 0 Å². The molecule has 0 saturated carbocycles. The van der Waals surface area contributed by atoms with Crippen LogP contribution < -0.4 is 0 Å². The van der Waals surface area contributed by atoms with E-state index in [1.807, 2.05) is 9.80 Å². The lowest BCUT2D eigenvalue weighted by Gasteiger charge is -2.48. The Hall–Kier alpha value is -1.89.